The van der Waals surface area contributed by atoms with Gasteiger partial charge in [0.25, 0.3) is 5.91 Å². The molecule has 0 saturated heterocycles. The van der Waals surface area contributed by atoms with E-state index in [1.165, 1.54) is 18.5 Å². The number of benzene rings is 1. The van der Waals surface area contributed by atoms with Crippen LogP contribution in [0.1, 0.15) is 21.5 Å². The van der Waals surface area contributed by atoms with Crippen molar-refractivity contribution in [2.24, 2.45) is 0 Å². The van der Waals surface area contributed by atoms with E-state index in [1.807, 2.05) is 13.0 Å². The lowest BCUT2D eigenvalue weighted by Crippen LogP contribution is -2.12. The van der Waals surface area contributed by atoms with Crippen LogP contribution in [0.5, 0.6) is 0 Å². The van der Waals surface area contributed by atoms with Crippen molar-refractivity contribution in [3.05, 3.63) is 53.4 Å². The number of carboxylic acids is 1. The minimum Gasteiger partial charge on any atom is -0.478 e. The Kier molecular flexibility index (Phi) is 3.95. The maximum atomic E-state index is 11.9. The van der Waals surface area contributed by atoms with Crippen molar-refractivity contribution in [3.63, 3.8) is 0 Å². The third-order valence-corrected chi connectivity index (χ3v) is 2.69. The quantitative estimate of drug-likeness (QED) is 0.742. The average Bonchev–Trinajstić information content (AvgIpc) is 2.93. The Labute approximate surface area is 115 Å². The SMILES string of the molecule is Cc1ccc(C=CC(=O)O)cc1NC(=O)c1cn[nH]c1. The second kappa shape index (κ2) is 5.83. The summed E-state index contributed by atoms with van der Waals surface area (Å²) in [4.78, 5) is 22.4. The van der Waals surface area contributed by atoms with Gasteiger partial charge in [-0.15, -0.1) is 0 Å². The summed E-state index contributed by atoms with van der Waals surface area (Å²) in [5, 5.41) is 17.6. The highest BCUT2D eigenvalue weighted by Crippen LogP contribution is 2.18. The Balaban J connectivity index is 2.20. The highest BCUT2D eigenvalue weighted by atomic mass is 16.4. The van der Waals surface area contributed by atoms with Gasteiger partial charge in [-0.3, -0.25) is 9.89 Å². The second-order valence-corrected chi connectivity index (χ2v) is 4.19. The van der Waals surface area contributed by atoms with Gasteiger partial charge in [-0.25, -0.2) is 4.79 Å². The van der Waals surface area contributed by atoms with Gasteiger partial charge >= 0.3 is 5.97 Å². The monoisotopic (exact) mass is 271 g/mol. The van der Waals surface area contributed by atoms with Crippen LogP contribution in [-0.2, 0) is 4.79 Å². The first-order chi connectivity index (χ1) is 9.56. The van der Waals surface area contributed by atoms with Crippen LogP contribution in [0.4, 0.5) is 5.69 Å². The van der Waals surface area contributed by atoms with Gasteiger partial charge in [-0.05, 0) is 30.2 Å². The predicted octanol–water partition coefficient (Wildman–Crippen LogP) is 2.07. The maximum absolute atomic E-state index is 11.9. The van der Waals surface area contributed by atoms with Gasteiger partial charge in [-0.1, -0.05) is 12.1 Å². The molecule has 3 N–H and O–H groups in total. The van der Waals surface area contributed by atoms with Gasteiger partial charge < -0.3 is 10.4 Å². The first kappa shape index (κ1) is 13.5. The summed E-state index contributed by atoms with van der Waals surface area (Å²) in [6, 6.07) is 5.31. The minimum atomic E-state index is -1.02. The third-order valence-electron chi connectivity index (χ3n) is 2.69. The van der Waals surface area contributed by atoms with Crippen LogP contribution in [0.2, 0.25) is 0 Å². The summed E-state index contributed by atoms with van der Waals surface area (Å²) in [6.45, 7) is 1.86. The summed E-state index contributed by atoms with van der Waals surface area (Å²) in [7, 11) is 0. The van der Waals surface area contributed by atoms with E-state index < -0.39 is 5.97 Å². The molecule has 2 rings (SSSR count). The van der Waals surface area contributed by atoms with Crippen LogP contribution in [0.25, 0.3) is 6.08 Å². The summed E-state index contributed by atoms with van der Waals surface area (Å²) in [6.07, 6.45) is 5.44. The van der Waals surface area contributed by atoms with Crippen LogP contribution in [0.3, 0.4) is 0 Å². The fourth-order valence-electron chi connectivity index (χ4n) is 1.62. The van der Waals surface area contributed by atoms with E-state index in [2.05, 4.69) is 15.5 Å². The Hall–Kier alpha value is -2.89. The maximum Gasteiger partial charge on any atom is 0.328 e. The fourth-order valence-corrected chi connectivity index (χ4v) is 1.62. The van der Waals surface area contributed by atoms with E-state index in [4.69, 9.17) is 5.11 Å². The number of nitrogens with zero attached hydrogens (tertiary/aromatic N) is 1. The number of hydrogen-bond acceptors (Lipinski definition) is 3. The Morgan fingerprint density at radius 2 is 2.20 bits per heavy atom. The van der Waals surface area contributed by atoms with Crippen molar-refractivity contribution < 1.29 is 14.7 Å². The van der Waals surface area contributed by atoms with Crippen molar-refractivity contribution in [1.82, 2.24) is 10.2 Å². The lowest BCUT2D eigenvalue weighted by Gasteiger charge is -2.08. The van der Waals surface area contributed by atoms with Crippen LogP contribution in [0.15, 0.2) is 36.7 Å². The number of carbonyl (C=O) groups excluding carboxylic acids is 1. The molecule has 0 unspecified atom stereocenters. The van der Waals surface area contributed by atoms with Gasteiger partial charge in [0.15, 0.2) is 0 Å². The highest BCUT2D eigenvalue weighted by molar-refractivity contribution is 6.04. The molecule has 6 heteroatoms. The Morgan fingerprint density at radius 1 is 1.40 bits per heavy atom. The number of aliphatic carboxylic acids is 1. The van der Waals surface area contributed by atoms with E-state index in [0.717, 1.165) is 11.6 Å². The molecule has 1 heterocycles. The van der Waals surface area contributed by atoms with Gasteiger partial charge in [0.1, 0.15) is 0 Å². The molecule has 1 aromatic carbocycles. The predicted molar refractivity (Wildman–Crippen MR) is 74.4 cm³/mol. The van der Waals surface area contributed by atoms with Crippen LogP contribution in [0, 0.1) is 6.92 Å². The summed E-state index contributed by atoms with van der Waals surface area (Å²) < 4.78 is 0. The van der Waals surface area contributed by atoms with Crippen molar-refractivity contribution in [2.75, 3.05) is 5.32 Å². The number of amides is 1. The van der Waals surface area contributed by atoms with Crippen LogP contribution in [-0.4, -0.2) is 27.2 Å². The summed E-state index contributed by atoms with van der Waals surface area (Å²) >= 11 is 0. The average molecular weight is 271 g/mol. The Morgan fingerprint density at radius 3 is 2.85 bits per heavy atom. The zero-order valence-corrected chi connectivity index (χ0v) is 10.8. The third kappa shape index (κ3) is 3.32. The number of anilines is 1. The number of hydrogen-bond donors (Lipinski definition) is 3. The molecule has 0 bridgehead atoms. The van der Waals surface area contributed by atoms with E-state index in [9.17, 15) is 9.59 Å². The molecule has 0 aliphatic carbocycles. The van der Waals surface area contributed by atoms with Gasteiger partial charge in [0.2, 0.25) is 0 Å². The highest BCUT2D eigenvalue weighted by Gasteiger charge is 2.08. The van der Waals surface area contributed by atoms with E-state index in [1.54, 1.807) is 12.1 Å². The molecule has 0 aliphatic heterocycles. The largest absolute Gasteiger partial charge is 0.478 e. The summed E-state index contributed by atoms with van der Waals surface area (Å²) in [5.74, 6) is -1.30. The smallest absolute Gasteiger partial charge is 0.328 e. The molecule has 0 aliphatic rings. The standard InChI is InChI=1S/C14H13N3O3/c1-9-2-3-10(4-5-13(18)19)6-12(9)17-14(20)11-7-15-16-8-11/h2-8H,1H3,(H,15,16)(H,17,20)(H,18,19). The zero-order chi connectivity index (χ0) is 14.5. The molecular formula is C14H13N3O3. The fraction of sp³-hybridized carbons (Fsp3) is 0.0714. The second-order valence-electron chi connectivity index (χ2n) is 4.19. The van der Waals surface area contributed by atoms with Crippen molar-refractivity contribution in [2.45, 2.75) is 6.92 Å². The first-order valence-electron chi connectivity index (χ1n) is 5.88. The molecule has 6 nitrogen and oxygen atoms in total. The molecule has 2 aromatic rings. The minimum absolute atomic E-state index is 0.277. The zero-order valence-electron chi connectivity index (χ0n) is 10.8. The molecule has 1 aromatic heterocycles. The number of carbonyl (C=O) groups is 2. The molecule has 20 heavy (non-hydrogen) atoms. The topological polar surface area (TPSA) is 95.1 Å². The molecule has 1 amide bonds. The lowest BCUT2D eigenvalue weighted by molar-refractivity contribution is -0.131. The Bertz CT molecular complexity index is 660. The normalized spacial score (nSPS) is 10.7. The first-order valence-corrected chi connectivity index (χ1v) is 5.88. The number of nitrogens with one attached hydrogen (secondary N) is 2. The van der Waals surface area contributed by atoms with Crippen LogP contribution < -0.4 is 5.32 Å². The number of carboxylic acid groups (broad SMARTS) is 1. The lowest BCUT2D eigenvalue weighted by atomic mass is 10.1. The molecule has 102 valence electrons. The number of H-pyrrole nitrogens is 1. The van der Waals surface area contributed by atoms with Gasteiger partial charge in [0.05, 0.1) is 11.8 Å². The summed E-state index contributed by atoms with van der Waals surface area (Å²) in [5.41, 5.74) is 2.63. The number of aryl methyl sites for hydroxylation is 1. The van der Waals surface area contributed by atoms with Crippen molar-refractivity contribution in [1.29, 1.82) is 0 Å². The number of rotatable bonds is 4. The van der Waals surface area contributed by atoms with E-state index >= 15 is 0 Å². The van der Waals surface area contributed by atoms with E-state index in [-0.39, 0.29) is 5.91 Å². The molecule has 0 saturated carbocycles. The van der Waals surface area contributed by atoms with Crippen LogP contribution >= 0.6 is 0 Å². The molecular weight excluding hydrogens is 258 g/mol. The molecule has 0 spiro atoms. The van der Waals surface area contributed by atoms with Crippen molar-refractivity contribution in [3.8, 4) is 0 Å². The molecule has 0 fully saturated rings. The number of aromatic amines is 1. The van der Waals surface area contributed by atoms with Crippen molar-refractivity contribution >= 4 is 23.6 Å². The van der Waals surface area contributed by atoms with Gasteiger partial charge in [0, 0.05) is 18.0 Å². The van der Waals surface area contributed by atoms with Gasteiger partial charge in [-0.2, -0.15) is 5.10 Å². The molecule has 0 radical (unpaired) electrons. The number of aromatic nitrogens is 2. The van der Waals surface area contributed by atoms with E-state index in [0.29, 0.717) is 16.8 Å². The molecule has 0 atom stereocenters.